The van der Waals surface area contributed by atoms with Crippen molar-refractivity contribution in [1.82, 2.24) is 0 Å². The summed E-state index contributed by atoms with van der Waals surface area (Å²) in [5, 5.41) is 9.13. The van der Waals surface area contributed by atoms with Gasteiger partial charge in [0, 0.05) is 0 Å². The first kappa shape index (κ1) is 11.8. The third kappa shape index (κ3) is 2.38. The maximum absolute atomic E-state index is 11.1. The molecule has 1 aromatic carbocycles. The number of hydrogen-bond donors (Lipinski definition) is 1. The molecule has 0 radical (unpaired) electrons. The number of hydrogen-bond acceptors (Lipinski definition) is 1. The standard InChI is InChI=1S/C13H18O2/c1-9-5-7-11(8-6-9)10(2)13(3,4)12(14)15/h5-8,10H,1-4H3,(H,14,15). The molecule has 1 unspecified atom stereocenters. The van der Waals surface area contributed by atoms with E-state index in [1.54, 1.807) is 13.8 Å². The Morgan fingerprint density at radius 1 is 1.27 bits per heavy atom. The van der Waals surface area contributed by atoms with Crippen molar-refractivity contribution < 1.29 is 9.90 Å². The molecule has 0 fully saturated rings. The van der Waals surface area contributed by atoms with Gasteiger partial charge in [0.25, 0.3) is 0 Å². The number of benzene rings is 1. The van der Waals surface area contributed by atoms with Crippen LogP contribution in [0.4, 0.5) is 0 Å². The van der Waals surface area contributed by atoms with Crippen LogP contribution in [0.25, 0.3) is 0 Å². The van der Waals surface area contributed by atoms with Crippen molar-refractivity contribution in [1.29, 1.82) is 0 Å². The monoisotopic (exact) mass is 206 g/mol. The van der Waals surface area contributed by atoms with Crippen molar-refractivity contribution in [2.45, 2.75) is 33.6 Å². The molecule has 0 bridgehead atoms. The maximum atomic E-state index is 11.1. The zero-order chi connectivity index (χ0) is 11.6. The number of rotatable bonds is 3. The Balaban J connectivity index is 2.99. The molecule has 0 saturated heterocycles. The van der Waals surface area contributed by atoms with Crippen LogP contribution in [0.2, 0.25) is 0 Å². The van der Waals surface area contributed by atoms with Gasteiger partial charge >= 0.3 is 5.97 Å². The average molecular weight is 206 g/mol. The number of carbonyl (C=O) groups is 1. The summed E-state index contributed by atoms with van der Waals surface area (Å²) in [4.78, 5) is 11.1. The lowest BCUT2D eigenvalue weighted by atomic mass is 9.76. The Labute approximate surface area is 90.9 Å². The molecule has 1 atom stereocenters. The summed E-state index contributed by atoms with van der Waals surface area (Å²) in [6.07, 6.45) is 0. The predicted molar refractivity (Wildman–Crippen MR) is 61.0 cm³/mol. The van der Waals surface area contributed by atoms with Gasteiger partial charge in [-0.3, -0.25) is 4.79 Å². The zero-order valence-corrected chi connectivity index (χ0v) is 9.74. The van der Waals surface area contributed by atoms with Crippen LogP contribution >= 0.6 is 0 Å². The third-order valence-electron chi connectivity index (χ3n) is 3.21. The summed E-state index contributed by atoms with van der Waals surface area (Å²) in [6.45, 7) is 7.51. The second kappa shape index (κ2) is 4.05. The first-order chi connectivity index (χ1) is 6.85. The van der Waals surface area contributed by atoms with Gasteiger partial charge in [0.1, 0.15) is 0 Å². The highest BCUT2D eigenvalue weighted by atomic mass is 16.4. The predicted octanol–water partition coefficient (Wildman–Crippen LogP) is 3.21. The highest BCUT2D eigenvalue weighted by Gasteiger charge is 2.34. The van der Waals surface area contributed by atoms with E-state index in [9.17, 15) is 4.79 Å². The van der Waals surface area contributed by atoms with Crippen LogP contribution in [0.15, 0.2) is 24.3 Å². The Hall–Kier alpha value is -1.31. The topological polar surface area (TPSA) is 37.3 Å². The van der Waals surface area contributed by atoms with Gasteiger partial charge in [0.05, 0.1) is 5.41 Å². The van der Waals surface area contributed by atoms with Crippen LogP contribution < -0.4 is 0 Å². The second-order valence-corrected chi connectivity index (χ2v) is 4.66. The van der Waals surface area contributed by atoms with Crippen molar-refractivity contribution >= 4 is 5.97 Å². The van der Waals surface area contributed by atoms with Crippen LogP contribution in [0.1, 0.15) is 37.8 Å². The van der Waals surface area contributed by atoms with Crippen LogP contribution in [0.3, 0.4) is 0 Å². The van der Waals surface area contributed by atoms with Gasteiger partial charge in [-0.2, -0.15) is 0 Å². The lowest BCUT2D eigenvalue weighted by molar-refractivity contribution is -0.148. The number of carboxylic acids is 1. The van der Waals surface area contributed by atoms with E-state index in [2.05, 4.69) is 0 Å². The molecule has 0 aliphatic heterocycles. The van der Waals surface area contributed by atoms with Crippen molar-refractivity contribution in [2.75, 3.05) is 0 Å². The first-order valence-electron chi connectivity index (χ1n) is 5.15. The van der Waals surface area contributed by atoms with Gasteiger partial charge in [0.15, 0.2) is 0 Å². The van der Waals surface area contributed by atoms with Crippen LogP contribution in [0, 0.1) is 12.3 Å². The molecule has 0 amide bonds. The van der Waals surface area contributed by atoms with Gasteiger partial charge < -0.3 is 5.11 Å². The minimum absolute atomic E-state index is 0.00981. The minimum atomic E-state index is -0.754. The molecular weight excluding hydrogens is 188 g/mol. The quantitative estimate of drug-likeness (QED) is 0.824. The summed E-state index contributed by atoms with van der Waals surface area (Å²) in [5.74, 6) is -0.744. The molecule has 2 nitrogen and oxygen atoms in total. The Morgan fingerprint density at radius 3 is 2.13 bits per heavy atom. The summed E-state index contributed by atoms with van der Waals surface area (Å²) in [6, 6.07) is 8.04. The van der Waals surface area contributed by atoms with Crippen molar-refractivity contribution in [2.24, 2.45) is 5.41 Å². The molecule has 15 heavy (non-hydrogen) atoms. The molecule has 1 rings (SSSR count). The van der Waals surface area contributed by atoms with Crippen LogP contribution in [-0.4, -0.2) is 11.1 Å². The Kier molecular flexibility index (Phi) is 3.18. The van der Waals surface area contributed by atoms with E-state index in [0.29, 0.717) is 0 Å². The van der Waals surface area contributed by atoms with E-state index in [4.69, 9.17) is 5.11 Å². The fraction of sp³-hybridized carbons (Fsp3) is 0.462. The van der Waals surface area contributed by atoms with E-state index in [1.165, 1.54) is 5.56 Å². The fourth-order valence-electron chi connectivity index (χ4n) is 1.46. The molecule has 0 saturated carbocycles. The average Bonchev–Trinajstić information content (AvgIpc) is 2.17. The third-order valence-corrected chi connectivity index (χ3v) is 3.21. The van der Waals surface area contributed by atoms with Crippen molar-refractivity contribution in [3.63, 3.8) is 0 Å². The molecular formula is C13H18O2. The minimum Gasteiger partial charge on any atom is -0.481 e. The lowest BCUT2D eigenvalue weighted by Crippen LogP contribution is -2.29. The number of carboxylic acid groups (broad SMARTS) is 1. The Morgan fingerprint density at radius 2 is 1.73 bits per heavy atom. The smallest absolute Gasteiger partial charge is 0.309 e. The number of aryl methyl sites for hydroxylation is 1. The summed E-state index contributed by atoms with van der Waals surface area (Å²) in [7, 11) is 0. The summed E-state index contributed by atoms with van der Waals surface area (Å²) >= 11 is 0. The van der Waals surface area contributed by atoms with Crippen molar-refractivity contribution in [3.8, 4) is 0 Å². The largest absolute Gasteiger partial charge is 0.481 e. The second-order valence-electron chi connectivity index (χ2n) is 4.66. The van der Waals surface area contributed by atoms with Crippen LogP contribution in [0.5, 0.6) is 0 Å². The highest BCUT2D eigenvalue weighted by molar-refractivity contribution is 5.75. The lowest BCUT2D eigenvalue weighted by Gasteiger charge is -2.27. The van der Waals surface area contributed by atoms with E-state index >= 15 is 0 Å². The van der Waals surface area contributed by atoms with Crippen LogP contribution in [-0.2, 0) is 4.79 Å². The normalized spacial score (nSPS) is 13.6. The van der Waals surface area contributed by atoms with E-state index in [-0.39, 0.29) is 5.92 Å². The van der Waals surface area contributed by atoms with Gasteiger partial charge in [0.2, 0.25) is 0 Å². The van der Waals surface area contributed by atoms with E-state index < -0.39 is 11.4 Å². The van der Waals surface area contributed by atoms with Crippen molar-refractivity contribution in [3.05, 3.63) is 35.4 Å². The molecule has 0 aromatic heterocycles. The molecule has 0 aliphatic carbocycles. The summed E-state index contributed by atoms with van der Waals surface area (Å²) in [5.41, 5.74) is 1.54. The highest BCUT2D eigenvalue weighted by Crippen LogP contribution is 2.35. The molecule has 1 N–H and O–H groups in total. The zero-order valence-electron chi connectivity index (χ0n) is 9.74. The van der Waals surface area contributed by atoms with E-state index in [0.717, 1.165) is 5.56 Å². The molecule has 0 spiro atoms. The Bertz CT molecular complexity index is 349. The molecule has 1 aromatic rings. The maximum Gasteiger partial charge on any atom is 0.309 e. The van der Waals surface area contributed by atoms with Gasteiger partial charge in [-0.05, 0) is 32.3 Å². The molecule has 0 heterocycles. The van der Waals surface area contributed by atoms with Gasteiger partial charge in [-0.15, -0.1) is 0 Å². The fourth-order valence-corrected chi connectivity index (χ4v) is 1.46. The van der Waals surface area contributed by atoms with E-state index in [1.807, 2.05) is 38.1 Å². The first-order valence-corrected chi connectivity index (χ1v) is 5.15. The SMILES string of the molecule is Cc1ccc(C(C)C(C)(C)C(=O)O)cc1. The van der Waals surface area contributed by atoms with Gasteiger partial charge in [-0.25, -0.2) is 0 Å². The molecule has 82 valence electrons. The molecule has 2 heteroatoms. The van der Waals surface area contributed by atoms with Gasteiger partial charge in [-0.1, -0.05) is 36.8 Å². The number of aliphatic carboxylic acids is 1. The summed E-state index contributed by atoms with van der Waals surface area (Å²) < 4.78 is 0. The molecule has 0 aliphatic rings.